The molecule has 1 aliphatic rings. The minimum Gasteiger partial charge on any atom is -0.174 e. The molecule has 0 unspecified atom stereocenters. The van der Waals surface area contributed by atoms with Crippen molar-refractivity contribution >= 4 is 24.2 Å². The third-order valence-electron chi connectivity index (χ3n) is 1.65. The molecule has 1 aliphatic carbocycles. The number of halogens is 1. The summed E-state index contributed by atoms with van der Waals surface area (Å²) < 4.78 is 0. The molecule has 1 rings (SSSR count). The first-order valence-electron chi connectivity index (χ1n) is 3.13. The first-order valence-corrected chi connectivity index (χ1v) is 4.08. The second kappa shape index (κ2) is 2.98. The van der Waals surface area contributed by atoms with Gasteiger partial charge in [0.1, 0.15) is 0 Å². The van der Waals surface area contributed by atoms with Crippen LogP contribution in [0.15, 0.2) is 0 Å². The molecule has 0 heterocycles. The molecule has 0 aliphatic heterocycles. The van der Waals surface area contributed by atoms with E-state index in [-0.39, 0.29) is 0 Å². The summed E-state index contributed by atoms with van der Waals surface area (Å²) in [6.07, 6.45) is 4.98. The van der Waals surface area contributed by atoms with Gasteiger partial charge in [0, 0.05) is 10.6 Å². The van der Waals surface area contributed by atoms with E-state index < -0.39 is 0 Å². The monoisotopic (exact) mass is 150 g/mol. The van der Waals surface area contributed by atoms with Crippen molar-refractivity contribution in [1.82, 2.24) is 0 Å². The van der Waals surface area contributed by atoms with Gasteiger partial charge in [-0.2, -0.15) is 12.6 Å². The molecule has 2 atom stereocenters. The molecule has 0 radical (unpaired) electrons. The summed E-state index contributed by atoms with van der Waals surface area (Å²) in [5.74, 6) is 0. The molecule has 0 saturated heterocycles. The second-order valence-electron chi connectivity index (χ2n) is 2.37. The summed E-state index contributed by atoms with van der Waals surface area (Å²) in [4.78, 5) is 0. The van der Waals surface area contributed by atoms with E-state index in [2.05, 4.69) is 12.6 Å². The molecule has 0 spiro atoms. The van der Waals surface area contributed by atoms with E-state index in [1.165, 1.54) is 19.3 Å². The minimum atomic E-state index is 0.340. The molecule has 0 aromatic carbocycles. The Bertz CT molecular complexity index is 64.9. The van der Waals surface area contributed by atoms with Crippen LogP contribution in [0.5, 0.6) is 0 Å². The fraction of sp³-hybridized carbons (Fsp3) is 1.00. The predicted octanol–water partition coefficient (Wildman–Crippen LogP) is 2.47. The van der Waals surface area contributed by atoms with Gasteiger partial charge in [-0.15, -0.1) is 11.6 Å². The van der Waals surface area contributed by atoms with E-state index >= 15 is 0 Å². The molecule has 8 heavy (non-hydrogen) atoms. The SMILES string of the molecule is S[C@@H]1CCCC[C@H]1Cl. The first kappa shape index (κ1) is 6.76. The Balaban J connectivity index is 2.28. The molecule has 0 amide bonds. The number of rotatable bonds is 0. The fourth-order valence-electron chi connectivity index (χ4n) is 1.07. The predicted molar refractivity (Wildman–Crippen MR) is 40.9 cm³/mol. The summed E-state index contributed by atoms with van der Waals surface area (Å²) >= 11 is 10.2. The maximum absolute atomic E-state index is 5.89. The van der Waals surface area contributed by atoms with Crippen molar-refractivity contribution in [3.05, 3.63) is 0 Å². The Morgan fingerprint density at radius 3 is 2.25 bits per heavy atom. The van der Waals surface area contributed by atoms with Gasteiger partial charge >= 0.3 is 0 Å². The van der Waals surface area contributed by atoms with Crippen molar-refractivity contribution in [1.29, 1.82) is 0 Å². The normalized spacial score (nSPS) is 39.8. The van der Waals surface area contributed by atoms with Gasteiger partial charge in [0.25, 0.3) is 0 Å². The summed E-state index contributed by atoms with van der Waals surface area (Å²) in [6, 6.07) is 0. The maximum Gasteiger partial charge on any atom is 0.0452 e. The zero-order valence-electron chi connectivity index (χ0n) is 4.81. The number of alkyl halides is 1. The summed E-state index contributed by atoms with van der Waals surface area (Å²) in [6.45, 7) is 0. The zero-order chi connectivity index (χ0) is 5.98. The highest BCUT2D eigenvalue weighted by Crippen LogP contribution is 2.26. The van der Waals surface area contributed by atoms with Crippen LogP contribution in [-0.2, 0) is 0 Å². The molecule has 0 aromatic rings. The van der Waals surface area contributed by atoms with E-state index in [0.717, 1.165) is 6.42 Å². The maximum atomic E-state index is 5.89. The van der Waals surface area contributed by atoms with Crippen molar-refractivity contribution in [2.24, 2.45) is 0 Å². The molecule has 2 heteroatoms. The van der Waals surface area contributed by atoms with Crippen molar-refractivity contribution in [3.8, 4) is 0 Å². The Morgan fingerprint density at radius 2 is 1.88 bits per heavy atom. The summed E-state index contributed by atoms with van der Waals surface area (Å²) in [5, 5.41) is 0.803. The lowest BCUT2D eigenvalue weighted by Crippen LogP contribution is -2.19. The van der Waals surface area contributed by atoms with E-state index in [1.807, 2.05) is 0 Å². The van der Waals surface area contributed by atoms with Gasteiger partial charge in [-0.1, -0.05) is 12.8 Å². The Hall–Kier alpha value is 0.640. The molecule has 0 aromatic heterocycles. The highest BCUT2D eigenvalue weighted by molar-refractivity contribution is 7.81. The molecule has 1 fully saturated rings. The van der Waals surface area contributed by atoms with E-state index in [1.54, 1.807) is 0 Å². The number of hydrogen-bond donors (Lipinski definition) is 1. The molecule has 0 N–H and O–H groups in total. The van der Waals surface area contributed by atoms with Gasteiger partial charge in [0.15, 0.2) is 0 Å². The zero-order valence-corrected chi connectivity index (χ0v) is 6.46. The first-order chi connectivity index (χ1) is 3.80. The quantitative estimate of drug-likeness (QED) is 0.398. The Kier molecular flexibility index (Phi) is 2.51. The molecule has 1 saturated carbocycles. The molecule has 48 valence electrons. The lowest BCUT2D eigenvalue weighted by atomic mass is 10.00. The van der Waals surface area contributed by atoms with Gasteiger partial charge in [0.2, 0.25) is 0 Å². The van der Waals surface area contributed by atoms with E-state index in [0.29, 0.717) is 10.6 Å². The van der Waals surface area contributed by atoms with Crippen LogP contribution in [0, 0.1) is 0 Å². The molecule has 0 bridgehead atoms. The smallest absolute Gasteiger partial charge is 0.0452 e. The Labute approximate surface area is 61.0 Å². The summed E-state index contributed by atoms with van der Waals surface area (Å²) in [7, 11) is 0. The number of hydrogen-bond acceptors (Lipinski definition) is 1. The van der Waals surface area contributed by atoms with E-state index in [9.17, 15) is 0 Å². The number of thiol groups is 1. The standard InChI is InChI=1S/C6H11ClS/c7-5-3-1-2-4-6(5)8/h5-6,8H,1-4H2/t5-,6-/m1/s1. The fourth-order valence-corrected chi connectivity index (χ4v) is 1.68. The van der Waals surface area contributed by atoms with Crippen molar-refractivity contribution in [2.75, 3.05) is 0 Å². The van der Waals surface area contributed by atoms with Gasteiger partial charge in [-0.05, 0) is 12.8 Å². The van der Waals surface area contributed by atoms with Crippen molar-refractivity contribution < 1.29 is 0 Å². The van der Waals surface area contributed by atoms with Gasteiger partial charge < -0.3 is 0 Å². The lowest BCUT2D eigenvalue weighted by Gasteiger charge is -2.21. The topological polar surface area (TPSA) is 0 Å². The van der Waals surface area contributed by atoms with Crippen molar-refractivity contribution in [3.63, 3.8) is 0 Å². The van der Waals surface area contributed by atoms with E-state index in [4.69, 9.17) is 11.6 Å². The third-order valence-corrected chi connectivity index (χ3v) is 2.96. The highest BCUT2D eigenvalue weighted by Gasteiger charge is 2.18. The average molecular weight is 151 g/mol. The molecular formula is C6H11ClS. The molecule has 0 nitrogen and oxygen atoms in total. The average Bonchev–Trinajstić information content (AvgIpc) is 1.77. The Morgan fingerprint density at radius 1 is 1.25 bits per heavy atom. The summed E-state index contributed by atoms with van der Waals surface area (Å²) in [5.41, 5.74) is 0. The largest absolute Gasteiger partial charge is 0.174 e. The van der Waals surface area contributed by atoms with Crippen LogP contribution in [0.1, 0.15) is 25.7 Å². The highest BCUT2D eigenvalue weighted by atomic mass is 35.5. The van der Waals surface area contributed by atoms with Crippen LogP contribution in [0.4, 0.5) is 0 Å². The van der Waals surface area contributed by atoms with Gasteiger partial charge in [-0.3, -0.25) is 0 Å². The van der Waals surface area contributed by atoms with Gasteiger partial charge in [-0.25, -0.2) is 0 Å². The van der Waals surface area contributed by atoms with Crippen LogP contribution in [-0.4, -0.2) is 10.6 Å². The van der Waals surface area contributed by atoms with Gasteiger partial charge in [0.05, 0.1) is 0 Å². The van der Waals surface area contributed by atoms with Crippen LogP contribution in [0.2, 0.25) is 0 Å². The minimum absolute atomic E-state index is 0.340. The third kappa shape index (κ3) is 1.56. The lowest BCUT2D eigenvalue weighted by molar-refractivity contribution is 0.524. The van der Waals surface area contributed by atoms with Crippen LogP contribution in [0.3, 0.4) is 0 Å². The van der Waals surface area contributed by atoms with Crippen LogP contribution < -0.4 is 0 Å². The second-order valence-corrected chi connectivity index (χ2v) is 3.59. The van der Waals surface area contributed by atoms with Crippen molar-refractivity contribution in [2.45, 2.75) is 36.3 Å². The van der Waals surface area contributed by atoms with Crippen LogP contribution >= 0.6 is 24.2 Å². The molecular weight excluding hydrogens is 140 g/mol. The van der Waals surface area contributed by atoms with Crippen LogP contribution in [0.25, 0.3) is 0 Å².